The maximum Gasteiger partial charge on any atom is 0.222 e. The predicted octanol–water partition coefficient (Wildman–Crippen LogP) is 2.73. The number of hydrogen-bond donors (Lipinski definition) is 2. The fraction of sp³-hybridized carbons (Fsp3) is 0. The van der Waals surface area contributed by atoms with Crippen molar-refractivity contribution in [3.63, 3.8) is 0 Å². The highest BCUT2D eigenvalue weighted by Gasteiger charge is 2.11. The summed E-state index contributed by atoms with van der Waals surface area (Å²) in [5.74, 6) is -1.51. The minimum Gasteiger partial charge on any atom is -0.368 e. The molecule has 0 radical (unpaired) electrons. The number of hydrogen-bond acceptors (Lipinski definition) is 4. The first-order chi connectivity index (χ1) is 8.08. The summed E-state index contributed by atoms with van der Waals surface area (Å²) in [7, 11) is 0. The van der Waals surface area contributed by atoms with Crippen molar-refractivity contribution in [1.82, 2.24) is 9.97 Å². The number of nitrogen functional groups attached to an aromatic ring is 1. The molecule has 7 heteroatoms. The smallest absolute Gasteiger partial charge is 0.222 e. The monoisotopic (exact) mass is 256 g/mol. The van der Waals surface area contributed by atoms with Crippen LogP contribution in [0.15, 0.2) is 24.4 Å². The standard InChI is InChI=1S/C10H7ClF2N4/c11-5-4-15-10(14)17-9(5)16-8-6(12)2-1-3-7(8)13/h1-4H,(H3,14,15,16,17). The van der Waals surface area contributed by atoms with Gasteiger partial charge in [-0.3, -0.25) is 0 Å². The van der Waals surface area contributed by atoms with E-state index in [4.69, 9.17) is 17.3 Å². The summed E-state index contributed by atoms with van der Waals surface area (Å²) in [6, 6.07) is 3.49. The lowest BCUT2D eigenvalue weighted by molar-refractivity contribution is 0.590. The average molecular weight is 257 g/mol. The molecule has 2 aromatic rings. The van der Waals surface area contributed by atoms with Crippen molar-refractivity contribution in [3.05, 3.63) is 41.1 Å². The Balaban J connectivity index is 2.41. The van der Waals surface area contributed by atoms with Gasteiger partial charge in [0.25, 0.3) is 0 Å². The molecular formula is C10H7ClF2N4. The topological polar surface area (TPSA) is 63.8 Å². The molecule has 1 aromatic carbocycles. The highest BCUT2D eigenvalue weighted by Crippen LogP contribution is 2.26. The number of para-hydroxylation sites is 1. The van der Waals surface area contributed by atoms with Crippen LogP contribution in [0, 0.1) is 11.6 Å². The van der Waals surface area contributed by atoms with Gasteiger partial charge < -0.3 is 11.1 Å². The second kappa shape index (κ2) is 4.50. The first-order valence-electron chi connectivity index (χ1n) is 4.57. The third-order valence-electron chi connectivity index (χ3n) is 1.97. The normalized spacial score (nSPS) is 10.3. The van der Waals surface area contributed by atoms with Gasteiger partial charge in [-0.2, -0.15) is 4.98 Å². The van der Waals surface area contributed by atoms with Gasteiger partial charge in [-0.25, -0.2) is 13.8 Å². The Morgan fingerprint density at radius 2 is 1.88 bits per heavy atom. The van der Waals surface area contributed by atoms with Crippen molar-refractivity contribution in [3.8, 4) is 0 Å². The van der Waals surface area contributed by atoms with Crippen molar-refractivity contribution in [2.75, 3.05) is 11.1 Å². The van der Waals surface area contributed by atoms with E-state index in [-0.39, 0.29) is 22.5 Å². The minimum absolute atomic E-state index is 0.0446. The van der Waals surface area contributed by atoms with Crippen LogP contribution in [0.25, 0.3) is 0 Å². The molecule has 17 heavy (non-hydrogen) atoms. The summed E-state index contributed by atoms with van der Waals surface area (Å²) >= 11 is 5.76. The number of halogens is 3. The molecule has 0 aliphatic carbocycles. The van der Waals surface area contributed by atoms with Gasteiger partial charge in [-0.1, -0.05) is 17.7 Å². The lowest BCUT2D eigenvalue weighted by Gasteiger charge is -2.09. The summed E-state index contributed by atoms with van der Waals surface area (Å²) < 4.78 is 26.7. The van der Waals surface area contributed by atoms with Crippen molar-refractivity contribution in [1.29, 1.82) is 0 Å². The Hall–Kier alpha value is -1.95. The Morgan fingerprint density at radius 3 is 2.53 bits per heavy atom. The highest BCUT2D eigenvalue weighted by molar-refractivity contribution is 6.32. The number of nitrogens with one attached hydrogen (secondary N) is 1. The Morgan fingerprint density at radius 1 is 1.24 bits per heavy atom. The van der Waals surface area contributed by atoms with Gasteiger partial charge in [-0.05, 0) is 12.1 Å². The van der Waals surface area contributed by atoms with Crippen LogP contribution in [-0.2, 0) is 0 Å². The zero-order valence-corrected chi connectivity index (χ0v) is 9.17. The fourth-order valence-corrected chi connectivity index (χ4v) is 1.34. The van der Waals surface area contributed by atoms with Crippen molar-refractivity contribution < 1.29 is 8.78 Å². The van der Waals surface area contributed by atoms with Gasteiger partial charge in [0.2, 0.25) is 5.95 Å². The second-order valence-corrected chi connectivity index (χ2v) is 3.55. The van der Waals surface area contributed by atoms with Crippen molar-refractivity contribution in [2.45, 2.75) is 0 Å². The third-order valence-corrected chi connectivity index (χ3v) is 2.25. The molecule has 2 rings (SSSR count). The molecule has 0 amide bonds. The summed E-state index contributed by atoms with van der Waals surface area (Å²) in [4.78, 5) is 7.37. The van der Waals surface area contributed by atoms with Crippen LogP contribution >= 0.6 is 11.6 Å². The van der Waals surface area contributed by atoms with E-state index in [1.807, 2.05) is 0 Å². The van der Waals surface area contributed by atoms with E-state index in [2.05, 4.69) is 15.3 Å². The van der Waals surface area contributed by atoms with Crippen LogP contribution in [-0.4, -0.2) is 9.97 Å². The number of nitrogens with zero attached hydrogens (tertiary/aromatic N) is 2. The fourth-order valence-electron chi connectivity index (χ4n) is 1.20. The molecule has 1 heterocycles. The third kappa shape index (κ3) is 2.42. The summed E-state index contributed by atoms with van der Waals surface area (Å²) in [6.45, 7) is 0. The summed E-state index contributed by atoms with van der Waals surface area (Å²) in [5.41, 5.74) is 5.01. The van der Waals surface area contributed by atoms with Gasteiger partial charge in [0.15, 0.2) is 5.82 Å². The Bertz CT molecular complexity index is 542. The largest absolute Gasteiger partial charge is 0.368 e. The first-order valence-corrected chi connectivity index (χ1v) is 4.95. The van der Waals surface area contributed by atoms with Gasteiger partial charge in [0.05, 0.1) is 6.20 Å². The highest BCUT2D eigenvalue weighted by atomic mass is 35.5. The molecule has 88 valence electrons. The molecular weight excluding hydrogens is 250 g/mol. The molecule has 0 saturated heterocycles. The molecule has 0 saturated carbocycles. The van der Waals surface area contributed by atoms with E-state index < -0.39 is 11.6 Å². The zero-order chi connectivity index (χ0) is 12.4. The number of nitrogens with two attached hydrogens (primary N) is 1. The van der Waals surface area contributed by atoms with E-state index in [1.54, 1.807) is 0 Å². The number of aromatic nitrogens is 2. The minimum atomic E-state index is -0.752. The summed E-state index contributed by atoms with van der Waals surface area (Å²) in [5, 5.41) is 2.55. The number of rotatable bonds is 2. The van der Waals surface area contributed by atoms with E-state index in [9.17, 15) is 8.78 Å². The Labute approximate surface area is 100 Å². The molecule has 0 aliphatic rings. The SMILES string of the molecule is Nc1ncc(Cl)c(Nc2c(F)cccc2F)n1. The lowest BCUT2D eigenvalue weighted by Crippen LogP contribution is -2.03. The summed E-state index contributed by atoms with van der Waals surface area (Å²) in [6.07, 6.45) is 1.24. The maximum atomic E-state index is 13.3. The lowest BCUT2D eigenvalue weighted by atomic mass is 10.3. The molecule has 0 atom stereocenters. The molecule has 0 spiro atoms. The zero-order valence-electron chi connectivity index (χ0n) is 8.42. The van der Waals surface area contributed by atoms with Crippen LogP contribution in [0.3, 0.4) is 0 Å². The van der Waals surface area contributed by atoms with Gasteiger partial charge in [-0.15, -0.1) is 0 Å². The van der Waals surface area contributed by atoms with Crippen LogP contribution in [0.4, 0.5) is 26.2 Å². The van der Waals surface area contributed by atoms with E-state index >= 15 is 0 Å². The first kappa shape index (κ1) is 11.5. The second-order valence-electron chi connectivity index (χ2n) is 3.15. The molecule has 1 aromatic heterocycles. The van der Waals surface area contributed by atoms with Gasteiger partial charge >= 0.3 is 0 Å². The van der Waals surface area contributed by atoms with Crippen LogP contribution < -0.4 is 11.1 Å². The quantitative estimate of drug-likeness (QED) is 0.867. The molecule has 0 unspecified atom stereocenters. The molecule has 0 fully saturated rings. The van der Waals surface area contributed by atoms with Crippen LogP contribution in [0.5, 0.6) is 0 Å². The molecule has 4 nitrogen and oxygen atoms in total. The van der Waals surface area contributed by atoms with Gasteiger partial charge in [0.1, 0.15) is 22.3 Å². The number of anilines is 3. The number of benzene rings is 1. The molecule has 0 bridgehead atoms. The average Bonchev–Trinajstić information content (AvgIpc) is 2.28. The van der Waals surface area contributed by atoms with Crippen LogP contribution in [0.2, 0.25) is 5.02 Å². The van der Waals surface area contributed by atoms with E-state index in [1.165, 1.54) is 12.3 Å². The maximum absolute atomic E-state index is 13.3. The van der Waals surface area contributed by atoms with E-state index in [0.717, 1.165) is 12.1 Å². The van der Waals surface area contributed by atoms with Crippen LogP contribution in [0.1, 0.15) is 0 Å². The van der Waals surface area contributed by atoms with Crippen molar-refractivity contribution in [2.24, 2.45) is 0 Å². The van der Waals surface area contributed by atoms with E-state index in [0.29, 0.717) is 0 Å². The van der Waals surface area contributed by atoms with Gasteiger partial charge in [0, 0.05) is 0 Å². The predicted molar refractivity (Wildman–Crippen MR) is 61.1 cm³/mol. The Kier molecular flexibility index (Phi) is 3.06. The molecule has 3 N–H and O–H groups in total. The molecule has 0 aliphatic heterocycles. The van der Waals surface area contributed by atoms with Crippen molar-refractivity contribution >= 4 is 29.1 Å².